The quantitative estimate of drug-likeness (QED) is 0.375. The zero-order chi connectivity index (χ0) is 17.0. The fraction of sp³-hybridized carbons (Fsp3) is 0.632. The highest BCUT2D eigenvalue weighted by Crippen LogP contribution is 2.48. The third-order valence-corrected chi connectivity index (χ3v) is 5.46. The number of hydrogen-bond acceptors (Lipinski definition) is 2. The van der Waals surface area contributed by atoms with Gasteiger partial charge in [0.15, 0.2) is 5.96 Å². The third-order valence-electron chi connectivity index (χ3n) is 5.22. The van der Waals surface area contributed by atoms with Gasteiger partial charge < -0.3 is 15.5 Å². The maximum atomic E-state index is 6.16. The van der Waals surface area contributed by atoms with Gasteiger partial charge in [-0.25, -0.2) is 0 Å². The van der Waals surface area contributed by atoms with E-state index in [9.17, 15) is 0 Å². The van der Waals surface area contributed by atoms with Crippen molar-refractivity contribution in [1.82, 2.24) is 15.5 Å². The van der Waals surface area contributed by atoms with Gasteiger partial charge in [0.25, 0.3) is 0 Å². The summed E-state index contributed by atoms with van der Waals surface area (Å²) in [7, 11) is 2.20. The molecule has 2 aliphatic rings. The van der Waals surface area contributed by atoms with Gasteiger partial charge in [-0.05, 0) is 63.4 Å². The summed E-state index contributed by atoms with van der Waals surface area (Å²) in [6.07, 6.45) is 3.67. The number of hydrogen-bond donors (Lipinski definition) is 2. The summed E-state index contributed by atoms with van der Waals surface area (Å²) >= 11 is 6.16. The Morgan fingerprint density at radius 1 is 1.36 bits per heavy atom. The smallest absolute Gasteiger partial charge is 0.191 e. The second-order valence-corrected chi connectivity index (χ2v) is 7.72. The van der Waals surface area contributed by atoms with Crippen molar-refractivity contribution in [2.45, 2.75) is 31.6 Å². The first-order chi connectivity index (χ1) is 11.6. The number of benzene rings is 1. The largest absolute Gasteiger partial charge is 0.357 e. The molecule has 140 valence electrons. The minimum atomic E-state index is 0. The van der Waals surface area contributed by atoms with Crippen molar-refractivity contribution in [3.63, 3.8) is 0 Å². The number of rotatable bonds is 6. The Hall–Kier alpha value is -0.530. The molecule has 2 N–H and O–H groups in total. The first-order valence-corrected chi connectivity index (χ1v) is 9.46. The predicted molar refractivity (Wildman–Crippen MR) is 117 cm³/mol. The van der Waals surface area contributed by atoms with Crippen molar-refractivity contribution in [3.8, 4) is 0 Å². The maximum Gasteiger partial charge on any atom is 0.191 e. The van der Waals surface area contributed by atoms with Gasteiger partial charge in [-0.3, -0.25) is 4.99 Å². The van der Waals surface area contributed by atoms with Crippen molar-refractivity contribution in [1.29, 1.82) is 0 Å². The van der Waals surface area contributed by atoms with E-state index < -0.39 is 0 Å². The molecule has 1 saturated carbocycles. The number of halogens is 2. The molecular weight excluding hydrogens is 447 g/mol. The lowest BCUT2D eigenvalue weighted by atomic mass is 9.96. The number of likely N-dealkylation sites (tertiary alicyclic amines) is 1. The first kappa shape index (κ1) is 20.8. The van der Waals surface area contributed by atoms with Crippen LogP contribution in [-0.4, -0.2) is 50.6 Å². The van der Waals surface area contributed by atoms with Crippen LogP contribution in [0.4, 0.5) is 0 Å². The van der Waals surface area contributed by atoms with Gasteiger partial charge in [-0.15, -0.1) is 24.0 Å². The maximum absolute atomic E-state index is 6.16. The summed E-state index contributed by atoms with van der Waals surface area (Å²) in [6.45, 7) is 7.22. The van der Waals surface area contributed by atoms with Crippen molar-refractivity contribution >= 4 is 41.5 Å². The highest BCUT2D eigenvalue weighted by atomic mass is 127. The molecule has 2 fully saturated rings. The minimum Gasteiger partial charge on any atom is -0.357 e. The van der Waals surface area contributed by atoms with Crippen LogP contribution in [0.15, 0.2) is 29.3 Å². The SMILES string of the molecule is CCNC(=NCC1(c2cccc(Cl)c2)CC1)NCC1CCN(C)C1.I. The lowest BCUT2D eigenvalue weighted by Crippen LogP contribution is -2.40. The molecule has 1 heterocycles. The van der Waals surface area contributed by atoms with Crippen LogP contribution < -0.4 is 10.6 Å². The van der Waals surface area contributed by atoms with Crippen LogP contribution in [0.2, 0.25) is 5.02 Å². The molecule has 1 atom stereocenters. The number of guanidine groups is 1. The Bertz CT molecular complexity index is 589. The Labute approximate surface area is 173 Å². The van der Waals surface area contributed by atoms with E-state index in [2.05, 4.69) is 41.6 Å². The van der Waals surface area contributed by atoms with E-state index >= 15 is 0 Å². The minimum absolute atomic E-state index is 0. The third kappa shape index (κ3) is 5.73. The molecule has 25 heavy (non-hydrogen) atoms. The average molecular weight is 477 g/mol. The van der Waals surface area contributed by atoms with Crippen LogP contribution in [0, 0.1) is 5.92 Å². The monoisotopic (exact) mass is 476 g/mol. The van der Waals surface area contributed by atoms with Crippen LogP contribution in [0.3, 0.4) is 0 Å². The Balaban J connectivity index is 0.00000225. The van der Waals surface area contributed by atoms with E-state index in [4.69, 9.17) is 16.6 Å². The van der Waals surface area contributed by atoms with E-state index in [0.29, 0.717) is 0 Å². The molecule has 1 aliphatic carbocycles. The molecule has 0 aromatic heterocycles. The van der Waals surface area contributed by atoms with Crippen molar-refractivity contribution in [2.75, 3.05) is 39.8 Å². The molecule has 1 unspecified atom stereocenters. The van der Waals surface area contributed by atoms with Crippen molar-refractivity contribution < 1.29 is 0 Å². The predicted octanol–water partition coefficient (Wildman–Crippen LogP) is 3.50. The van der Waals surface area contributed by atoms with E-state index in [-0.39, 0.29) is 29.4 Å². The zero-order valence-electron chi connectivity index (χ0n) is 15.2. The molecular formula is C19H30ClIN4. The molecule has 6 heteroatoms. The molecule has 0 bridgehead atoms. The summed E-state index contributed by atoms with van der Waals surface area (Å²) < 4.78 is 0. The summed E-state index contributed by atoms with van der Waals surface area (Å²) in [5, 5.41) is 7.73. The zero-order valence-corrected chi connectivity index (χ0v) is 18.3. The second-order valence-electron chi connectivity index (χ2n) is 7.28. The van der Waals surface area contributed by atoms with Gasteiger partial charge in [-0.1, -0.05) is 23.7 Å². The van der Waals surface area contributed by atoms with Gasteiger partial charge in [0.05, 0.1) is 6.54 Å². The van der Waals surface area contributed by atoms with Crippen LogP contribution in [0.25, 0.3) is 0 Å². The van der Waals surface area contributed by atoms with E-state index in [1.807, 2.05) is 12.1 Å². The van der Waals surface area contributed by atoms with Crippen molar-refractivity contribution in [3.05, 3.63) is 34.9 Å². The van der Waals surface area contributed by atoms with Gasteiger partial charge in [0, 0.05) is 30.1 Å². The summed E-state index contributed by atoms with van der Waals surface area (Å²) in [5.41, 5.74) is 1.52. The topological polar surface area (TPSA) is 39.7 Å². The summed E-state index contributed by atoms with van der Waals surface area (Å²) in [5.74, 6) is 1.67. The van der Waals surface area contributed by atoms with Crippen LogP contribution in [0.1, 0.15) is 31.7 Å². The fourth-order valence-electron chi connectivity index (χ4n) is 3.51. The lowest BCUT2D eigenvalue weighted by Gasteiger charge is -2.18. The van der Waals surface area contributed by atoms with Crippen LogP contribution >= 0.6 is 35.6 Å². The molecule has 1 aromatic rings. The molecule has 0 spiro atoms. The second kappa shape index (κ2) is 9.42. The van der Waals surface area contributed by atoms with Crippen molar-refractivity contribution in [2.24, 2.45) is 10.9 Å². The van der Waals surface area contributed by atoms with Gasteiger partial charge in [-0.2, -0.15) is 0 Å². The summed E-state index contributed by atoms with van der Waals surface area (Å²) in [6, 6.07) is 8.26. The molecule has 0 amide bonds. The standard InChI is InChI=1S/C19H29ClN4.HI/c1-3-21-18(22-12-15-7-10-24(2)13-15)23-14-19(8-9-19)16-5-4-6-17(20)11-16;/h4-6,11,15H,3,7-10,12-14H2,1-2H3,(H2,21,22,23);1H. The normalized spacial score (nSPS) is 22.4. The molecule has 1 aromatic carbocycles. The number of nitrogens with zero attached hydrogens (tertiary/aromatic N) is 2. The molecule has 3 rings (SSSR count). The van der Waals surface area contributed by atoms with E-state index in [0.717, 1.165) is 36.5 Å². The van der Waals surface area contributed by atoms with Gasteiger partial charge in [0.2, 0.25) is 0 Å². The molecule has 1 saturated heterocycles. The van der Waals surface area contributed by atoms with Gasteiger partial charge >= 0.3 is 0 Å². The molecule has 4 nitrogen and oxygen atoms in total. The number of nitrogens with one attached hydrogen (secondary N) is 2. The van der Waals surface area contributed by atoms with Crippen LogP contribution in [-0.2, 0) is 5.41 Å². The highest BCUT2D eigenvalue weighted by Gasteiger charge is 2.44. The Morgan fingerprint density at radius 3 is 2.76 bits per heavy atom. The molecule has 1 aliphatic heterocycles. The number of aliphatic imine (C=N–C) groups is 1. The van der Waals surface area contributed by atoms with Crippen LogP contribution in [0.5, 0.6) is 0 Å². The highest BCUT2D eigenvalue weighted by molar-refractivity contribution is 14.0. The van der Waals surface area contributed by atoms with Gasteiger partial charge in [0.1, 0.15) is 0 Å². The van der Waals surface area contributed by atoms with E-state index in [1.165, 1.54) is 37.9 Å². The fourth-order valence-corrected chi connectivity index (χ4v) is 3.70. The van der Waals surface area contributed by atoms with E-state index in [1.54, 1.807) is 0 Å². The lowest BCUT2D eigenvalue weighted by molar-refractivity contribution is 0.394. The molecule has 0 radical (unpaired) electrons. The summed E-state index contributed by atoms with van der Waals surface area (Å²) in [4.78, 5) is 7.27. The Morgan fingerprint density at radius 2 is 2.16 bits per heavy atom. The Kier molecular flexibility index (Phi) is 7.83. The first-order valence-electron chi connectivity index (χ1n) is 9.08. The average Bonchev–Trinajstić information content (AvgIpc) is 3.25.